The van der Waals surface area contributed by atoms with Gasteiger partial charge in [-0.25, -0.2) is 4.98 Å². The third kappa shape index (κ3) is 1.92. The summed E-state index contributed by atoms with van der Waals surface area (Å²) in [6.45, 7) is 2.35. The van der Waals surface area contributed by atoms with Crippen LogP contribution in [0.25, 0.3) is 4.96 Å². The minimum Gasteiger partial charge on any atom is -0.316 e. The van der Waals surface area contributed by atoms with Gasteiger partial charge in [0.2, 0.25) is 0 Å². The summed E-state index contributed by atoms with van der Waals surface area (Å²) in [5.74, 6) is 0.781. The molecule has 1 N–H and O–H groups in total. The predicted octanol–water partition coefficient (Wildman–Crippen LogP) is 1.94. The van der Waals surface area contributed by atoms with Gasteiger partial charge < -0.3 is 5.32 Å². The van der Waals surface area contributed by atoms with Crippen molar-refractivity contribution < 1.29 is 0 Å². The van der Waals surface area contributed by atoms with Crippen LogP contribution < -0.4 is 5.32 Å². The molecule has 0 radical (unpaired) electrons. The Kier molecular flexibility index (Phi) is 2.46. The Labute approximate surface area is 93.1 Å². The summed E-state index contributed by atoms with van der Waals surface area (Å²) in [4.78, 5) is 5.74. The normalized spacial score (nSPS) is 22.3. The molecule has 1 atom stereocenters. The minimum atomic E-state index is 0.781. The van der Waals surface area contributed by atoms with Crippen LogP contribution in [0.15, 0.2) is 17.8 Å². The monoisotopic (exact) mass is 221 g/mol. The maximum absolute atomic E-state index is 4.62. The lowest BCUT2D eigenvalue weighted by atomic mass is 9.95. The average Bonchev–Trinajstić information content (AvgIpc) is 2.79. The summed E-state index contributed by atoms with van der Waals surface area (Å²) in [5.41, 5.74) is 1.25. The number of aromatic nitrogens is 2. The Hall–Kier alpha value is -0.870. The third-order valence-electron chi connectivity index (χ3n) is 3.04. The topological polar surface area (TPSA) is 29.3 Å². The average molecular weight is 221 g/mol. The van der Waals surface area contributed by atoms with E-state index in [1.807, 2.05) is 0 Å². The van der Waals surface area contributed by atoms with Crippen molar-refractivity contribution in [3.63, 3.8) is 0 Å². The highest BCUT2D eigenvalue weighted by Crippen LogP contribution is 2.18. The Morgan fingerprint density at radius 2 is 2.60 bits per heavy atom. The largest absolute Gasteiger partial charge is 0.316 e. The van der Waals surface area contributed by atoms with Crippen molar-refractivity contribution in [2.45, 2.75) is 19.3 Å². The zero-order valence-corrected chi connectivity index (χ0v) is 9.46. The SMILES string of the molecule is c1cn2cc(CC3CCCNC3)nc2s1. The first-order valence-electron chi connectivity index (χ1n) is 5.53. The van der Waals surface area contributed by atoms with E-state index in [9.17, 15) is 0 Å². The van der Waals surface area contributed by atoms with E-state index in [0.29, 0.717) is 0 Å². The third-order valence-corrected chi connectivity index (χ3v) is 3.81. The molecule has 0 aliphatic carbocycles. The zero-order chi connectivity index (χ0) is 10.1. The van der Waals surface area contributed by atoms with E-state index in [1.54, 1.807) is 11.3 Å². The number of nitrogens with one attached hydrogen (secondary N) is 1. The number of fused-ring (bicyclic) bond motifs is 1. The van der Waals surface area contributed by atoms with Crippen LogP contribution in [0.5, 0.6) is 0 Å². The molecule has 0 aromatic carbocycles. The maximum Gasteiger partial charge on any atom is 0.193 e. The first kappa shape index (κ1) is 9.36. The van der Waals surface area contributed by atoms with Gasteiger partial charge in [0.1, 0.15) is 0 Å². The number of piperidine rings is 1. The Morgan fingerprint density at radius 3 is 3.40 bits per heavy atom. The molecule has 1 aliphatic rings. The molecule has 3 heterocycles. The van der Waals surface area contributed by atoms with Crippen LogP contribution in [-0.4, -0.2) is 22.5 Å². The molecular formula is C11H15N3S. The molecule has 1 unspecified atom stereocenters. The lowest BCUT2D eigenvalue weighted by molar-refractivity contribution is 0.374. The fourth-order valence-corrected chi connectivity index (χ4v) is 2.99. The van der Waals surface area contributed by atoms with Crippen molar-refractivity contribution in [2.24, 2.45) is 5.92 Å². The number of hydrogen-bond acceptors (Lipinski definition) is 3. The quantitative estimate of drug-likeness (QED) is 0.839. The standard InChI is InChI=1S/C11H15N3S/c1-2-9(7-12-3-1)6-10-8-14-4-5-15-11(14)13-10/h4-5,8-9,12H,1-3,6-7H2. The van der Waals surface area contributed by atoms with E-state index < -0.39 is 0 Å². The van der Waals surface area contributed by atoms with Crippen LogP contribution in [0.3, 0.4) is 0 Å². The molecule has 80 valence electrons. The van der Waals surface area contributed by atoms with Gasteiger partial charge in [0.15, 0.2) is 4.96 Å². The highest BCUT2D eigenvalue weighted by atomic mass is 32.1. The summed E-state index contributed by atoms with van der Waals surface area (Å²) in [6.07, 6.45) is 8.03. The van der Waals surface area contributed by atoms with Crippen molar-refractivity contribution in [3.05, 3.63) is 23.5 Å². The second-order valence-corrected chi connectivity index (χ2v) is 5.11. The van der Waals surface area contributed by atoms with E-state index in [0.717, 1.165) is 23.8 Å². The molecule has 0 saturated carbocycles. The van der Waals surface area contributed by atoms with Gasteiger partial charge in [-0.3, -0.25) is 4.40 Å². The minimum absolute atomic E-state index is 0.781. The van der Waals surface area contributed by atoms with E-state index in [4.69, 9.17) is 0 Å². The molecule has 2 aromatic rings. The second kappa shape index (κ2) is 3.94. The van der Waals surface area contributed by atoms with Crippen molar-refractivity contribution in [1.29, 1.82) is 0 Å². The number of nitrogens with zero attached hydrogens (tertiary/aromatic N) is 2. The number of rotatable bonds is 2. The summed E-state index contributed by atoms with van der Waals surface area (Å²) >= 11 is 1.71. The smallest absolute Gasteiger partial charge is 0.193 e. The van der Waals surface area contributed by atoms with Gasteiger partial charge in [-0.15, -0.1) is 11.3 Å². The fourth-order valence-electron chi connectivity index (χ4n) is 2.27. The molecule has 0 spiro atoms. The van der Waals surface area contributed by atoms with Crippen LogP contribution in [0.2, 0.25) is 0 Å². The summed E-state index contributed by atoms with van der Waals surface area (Å²) in [7, 11) is 0. The lowest BCUT2D eigenvalue weighted by Crippen LogP contribution is -2.30. The van der Waals surface area contributed by atoms with Crippen molar-refractivity contribution in [2.75, 3.05) is 13.1 Å². The van der Waals surface area contributed by atoms with Crippen LogP contribution in [0, 0.1) is 5.92 Å². The highest BCUT2D eigenvalue weighted by Gasteiger charge is 2.15. The van der Waals surface area contributed by atoms with Crippen LogP contribution in [0.1, 0.15) is 18.5 Å². The summed E-state index contributed by atoms with van der Waals surface area (Å²) in [6, 6.07) is 0. The molecule has 3 nitrogen and oxygen atoms in total. The Balaban J connectivity index is 1.74. The maximum atomic E-state index is 4.62. The van der Waals surface area contributed by atoms with Gasteiger partial charge in [0.25, 0.3) is 0 Å². The van der Waals surface area contributed by atoms with E-state index in [2.05, 4.69) is 32.5 Å². The van der Waals surface area contributed by atoms with Crippen LogP contribution >= 0.6 is 11.3 Å². The summed E-state index contributed by atoms with van der Waals surface area (Å²) in [5, 5.41) is 5.53. The molecule has 1 saturated heterocycles. The molecule has 0 amide bonds. The van der Waals surface area contributed by atoms with Crippen LogP contribution in [-0.2, 0) is 6.42 Å². The van der Waals surface area contributed by atoms with E-state index >= 15 is 0 Å². The van der Waals surface area contributed by atoms with E-state index in [1.165, 1.54) is 25.1 Å². The summed E-state index contributed by atoms with van der Waals surface area (Å²) < 4.78 is 2.12. The molecule has 0 bridgehead atoms. The second-order valence-electron chi connectivity index (χ2n) is 4.24. The molecule has 1 fully saturated rings. The lowest BCUT2D eigenvalue weighted by Gasteiger charge is -2.21. The number of hydrogen-bond donors (Lipinski definition) is 1. The first-order chi connectivity index (χ1) is 7.42. The van der Waals surface area contributed by atoms with Crippen molar-refractivity contribution in [1.82, 2.24) is 14.7 Å². The van der Waals surface area contributed by atoms with Gasteiger partial charge in [-0.1, -0.05) is 0 Å². The number of thiazole rings is 1. The fraction of sp³-hybridized carbons (Fsp3) is 0.545. The Morgan fingerprint density at radius 1 is 1.60 bits per heavy atom. The molecule has 3 rings (SSSR count). The predicted molar refractivity (Wildman–Crippen MR) is 62.4 cm³/mol. The molecule has 15 heavy (non-hydrogen) atoms. The van der Waals surface area contributed by atoms with Crippen molar-refractivity contribution >= 4 is 16.3 Å². The highest BCUT2D eigenvalue weighted by molar-refractivity contribution is 7.15. The van der Waals surface area contributed by atoms with Gasteiger partial charge in [-0.05, 0) is 38.3 Å². The van der Waals surface area contributed by atoms with Gasteiger partial charge in [-0.2, -0.15) is 0 Å². The van der Waals surface area contributed by atoms with Gasteiger partial charge in [0.05, 0.1) is 5.69 Å². The molecule has 4 heteroatoms. The van der Waals surface area contributed by atoms with Crippen molar-refractivity contribution in [3.8, 4) is 0 Å². The zero-order valence-electron chi connectivity index (χ0n) is 8.65. The Bertz CT molecular complexity index is 411. The van der Waals surface area contributed by atoms with Gasteiger partial charge in [0, 0.05) is 17.8 Å². The molecule has 1 aliphatic heterocycles. The van der Waals surface area contributed by atoms with E-state index in [-0.39, 0.29) is 0 Å². The van der Waals surface area contributed by atoms with Gasteiger partial charge >= 0.3 is 0 Å². The number of imidazole rings is 1. The molecule has 2 aromatic heterocycles. The molecular weight excluding hydrogens is 206 g/mol. The first-order valence-corrected chi connectivity index (χ1v) is 6.41. The van der Waals surface area contributed by atoms with Crippen LogP contribution in [0.4, 0.5) is 0 Å².